The minimum atomic E-state index is -0.518. The summed E-state index contributed by atoms with van der Waals surface area (Å²) in [6.45, 7) is 0. The first kappa shape index (κ1) is 33.1. The topological polar surface area (TPSA) is 59.2 Å². The van der Waals surface area contributed by atoms with Crippen molar-refractivity contribution in [3.63, 3.8) is 0 Å². The van der Waals surface area contributed by atoms with E-state index in [1.54, 1.807) is 0 Å². The zero-order valence-corrected chi connectivity index (χ0v) is 32.5. The molecule has 9 aromatic carbocycles. The van der Waals surface area contributed by atoms with E-state index >= 15 is 0 Å². The summed E-state index contributed by atoms with van der Waals surface area (Å²) in [5, 5.41) is 11.2. The smallest absolute Gasteiger partial charge is 0.160 e. The number of fused-ring (bicyclic) bond motifs is 11. The van der Waals surface area contributed by atoms with Crippen LogP contribution in [0, 0.1) is 0 Å². The van der Waals surface area contributed by atoms with E-state index in [2.05, 4.69) is 180 Å². The van der Waals surface area contributed by atoms with Crippen molar-refractivity contribution in [1.29, 1.82) is 0 Å². The van der Waals surface area contributed by atoms with Gasteiger partial charge in [-0.1, -0.05) is 140 Å². The largest absolute Gasteiger partial charge is 0.455 e. The highest BCUT2D eigenvalue weighted by atomic mass is 16.3. The van der Waals surface area contributed by atoms with E-state index in [0.717, 1.165) is 93.9 Å². The Labute approximate surface area is 343 Å². The first-order chi connectivity index (χ1) is 29.7. The van der Waals surface area contributed by atoms with Gasteiger partial charge in [-0.25, -0.2) is 9.98 Å². The van der Waals surface area contributed by atoms with Crippen LogP contribution in [0.2, 0.25) is 0 Å². The first-order valence-electron chi connectivity index (χ1n) is 20.3. The standard InChI is InChI=1S/C54H34N4O2/c1-57-53(55-52(41-23-12-17-32-14-4-5-18-35(32)41)56-54(57)43-24-13-22-39-37-20-7-10-26-47(37)59-50(39)43)42-29-28-40-38-21-8-11-27-48(38)60-51(40)49(42)58-45-25-9-6-19-36(45)44-30-33-15-2-3-16-34(33)31-46(44)58/h2-31,53H,1H3. The quantitative estimate of drug-likeness (QED) is 0.179. The van der Waals surface area contributed by atoms with Crippen LogP contribution in [0.5, 0.6) is 0 Å². The second-order valence-corrected chi connectivity index (χ2v) is 15.7. The molecule has 0 fully saturated rings. The number of rotatable bonds is 4. The van der Waals surface area contributed by atoms with Gasteiger partial charge in [0.15, 0.2) is 17.6 Å². The van der Waals surface area contributed by atoms with E-state index in [-0.39, 0.29) is 0 Å². The predicted octanol–water partition coefficient (Wildman–Crippen LogP) is 13.7. The van der Waals surface area contributed by atoms with Crippen LogP contribution in [-0.2, 0) is 0 Å². The van der Waals surface area contributed by atoms with E-state index in [1.165, 1.54) is 21.5 Å². The Morgan fingerprint density at radius 3 is 1.83 bits per heavy atom. The molecule has 282 valence electrons. The van der Waals surface area contributed by atoms with Gasteiger partial charge in [0.05, 0.1) is 22.3 Å². The van der Waals surface area contributed by atoms with Gasteiger partial charge in [-0.15, -0.1) is 0 Å². The van der Waals surface area contributed by atoms with Gasteiger partial charge in [0.25, 0.3) is 0 Å². The molecule has 1 unspecified atom stereocenters. The number of aromatic nitrogens is 1. The number of hydrogen-bond donors (Lipinski definition) is 0. The Morgan fingerprint density at radius 2 is 1.03 bits per heavy atom. The van der Waals surface area contributed by atoms with Crippen molar-refractivity contribution < 1.29 is 8.83 Å². The first-order valence-corrected chi connectivity index (χ1v) is 20.3. The van der Waals surface area contributed by atoms with Crippen LogP contribution < -0.4 is 0 Å². The van der Waals surface area contributed by atoms with Gasteiger partial charge in [0.2, 0.25) is 0 Å². The van der Waals surface area contributed by atoms with Gasteiger partial charge in [0, 0.05) is 50.5 Å². The second kappa shape index (κ2) is 12.5. The van der Waals surface area contributed by atoms with Crippen molar-refractivity contribution in [2.75, 3.05) is 7.05 Å². The molecule has 1 aliphatic heterocycles. The van der Waals surface area contributed by atoms with Crippen LogP contribution >= 0.6 is 0 Å². The number of benzene rings is 9. The Hall–Kier alpha value is -7.96. The summed E-state index contributed by atoms with van der Waals surface area (Å²) in [4.78, 5) is 13.3. The molecule has 6 nitrogen and oxygen atoms in total. The van der Waals surface area contributed by atoms with E-state index in [1.807, 2.05) is 18.2 Å². The fourth-order valence-electron chi connectivity index (χ4n) is 9.65. The van der Waals surface area contributed by atoms with Crippen molar-refractivity contribution in [1.82, 2.24) is 9.47 Å². The Bertz CT molecular complexity index is 3820. The average Bonchev–Trinajstić information content (AvgIpc) is 3.97. The summed E-state index contributed by atoms with van der Waals surface area (Å²) in [5.74, 6) is 1.42. The van der Waals surface area contributed by atoms with E-state index < -0.39 is 6.17 Å². The lowest BCUT2D eigenvalue weighted by Crippen LogP contribution is -2.36. The summed E-state index contributed by atoms with van der Waals surface area (Å²) < 4.78 is 16.1. The van der Waals surface area contributed by atoms with Crippen molar-refractivity contribution in [2.45, 2.75) is 6.17 Å². The maximum Gasteiger partial charge on any atom is 0.160 e. The summed E-state index contributed by atoms with van der Waals surface area (Å²) in [6.07, 6.45) is -0.518. The van der Waals surface area contributed by atoms with Gasteiger partial charge in [-0.05, 0) is 64.0 Å². The van der Waals surface area contributed by atoms with Crippen LogP contribution in [0.1, 0.15) is 22.9 Å². The molecule has 13 rings (SSSR count). The fraction of sp³-hybridized carbons (Fsp3) is 0.0370. The molecule has 12 aromatic rings. The zero-order valence-electron chi connectivity index (χ0n) is 32.5. The lowest BCUT2D eigenvalue weighted by molar-refractivity contribution is 0.382. The van der Waals surface area contributed by atoms with Gasteiger partial charge >= 0.3 is 0 Å². The number of furan rings is 2. The monoisotopic (exact) mass is 770 g/mol. The van der Waals surface area contributed by atoms with Crippen molar-refractivity contribution >= 4 is 98.9 Å². The van der Waals surface area contributed by atoms with Crippen LogP contribution in [-0.4, -0.2) is 28.2 Å². The van der Waals surface area contributed by atoms with Crippen molar-refractivity contribution in [3.05, 3.63) is 199 Å². The highest BCUT2D eigenvalue weighted by Crippen LogP contribution is 2.45. The van der Waals surface area contributed by atoms with Gasteiger partial charge in [-0.3, -0.25) is 0 Å². The molecular weight excluding hydrogens is 737 g/mol. The summed E-state index contributed by atoms with van der Waals surface area (Å²) in [7, 11) is 2.10. The number of nitrogens with zero attached hydrogens (tertiary/aromatic N) is 4. The van der Waals surface area contributed by atoms with Crippen LogP contribution in [0.4, 0.5) is 0 Å². The van der Waals surface area contributed by atoms with Gasteiger partial charge in [0.1, 0.15) is 22.6 Å². The summed E-state index contributed by atoms with van der Waals surface area (Å²) in [6, 6.07) is 64.1. The van der Waals surface area contributed by atoms with Crippen molar-refractivity contribution in [3.8, 4) is 5.69 Å². The molecule has 0 saturated heterocycles. The number of aliphatic imine (C=N–C) groups is 2. The molecule has 0 bridgehead atoms. The molecule has 6 heteroatoms. The lowest BCUT2D eigenvalue weighted by atomic mass is 10.0. The zero-order chi connectivity index (χ0) is 39.5. The lowest BCUT2D eigenvalue weighted by Gasteiger charge is -2.33. The third kappa shape index (κ3) is 4.70. The predicted molar refractivity (Wildman–Crippen MR) is 247 cm³/mol. The fourth-order valence-corrected chi connectivity index (χ4v) is 9.65. The molecule has 3 aromatic heterocycles. The maximum atomic E-state index is 7.00. The second-order valence-electron chi connectivity index (χ2n) is 15.7. The molecule has 1 aliphatic rings. The van der Waals surface area contributed by atoms with Gasteiger partial charge in [-0.2, -0.15) is 0 Å². The Kier molecular flexibility index (Phi) is 6.90. The van der Waals surface area contributed by atoms with E-state index in [4.69, 9.17) is 18.8 Å². The molecule has 60 heavy (non-hydrogen) atoms. The average molecular weight is 771 g/mol. The molecular formula is C54H34N4O2. The maximum absolute atomic E-state index is 7.00. The normalized spacial score (nSPS) is 14.8. The highest BCUT2D eigenvalue weighted by molar-refractivity contribution is 6.22. The van der Waals surface area contributed by atoms with E-state index in [9.17, 15) is 0 Å². The number of hydrogen-bond acceptors (Lipinski definition) is 5. The third-order valence-electron chi connectivity index (χ3n) is 12.4. The van der Waals surface area contributed by atoms with Crippen LogP contribution in [0.25, 0.3) is 92.9 Å². The molecule has 0 radical (unpaired) electrons. The van der Waals surface area contributed by atoms with Crippen LogP contribution in [0.3, 0.4) is 0 Å². The molecule has 0 spiro atoms. The minimum Gasteiger partial charge on any atom is -0.455 e. The van der Waals surface area contributed by atoms with Crippen LogP contribution in [0.15, 0.2) is 201 Å². The van der Waals surface area contributed by atoms with Crippen molar-refractivity contribution in [2.24, 2.45) is 9.98 Å². The summed E-state index contributed by atoms with van der Waals surface area (Å²) in [5.41, 5.74) is 9.29. The molecule has 0 amide bonds. The van der Waals surface area contributed by atoms with Gasteiger partial charge < -0.3 is 18.3 Å². The molecule has 0 N–H and O–H groups in total. The highest BCUT2D eigenvalue weighted by Gasteiger charge is 2.33. The third-order valence-corrected chi connectivity index (χ3v) is 12.4. The summed E-state index contributed by atoms with van der Waals surface area (Å²) >= 11 is 0. The molecule has 4 heterocycles. The number of para-hydroxylation sites is 4. The molecule has 1 atom stereocenters. The Balaban J connectivity index is 1.14. The number of amidine groups is 2. The van der Waals surface area contributed by atoms with E-state index in [0.29, 0.717) is 5.84 Å². The minimum absolute atomic E-state index is 0.518. The molecule has 0 aliphatic carbocycles. The molecule has 0 saturated carbocycles. The Morgan fingerprint density at radius 1 is 0.450 bits per heavy atom. The SMILES string of the molecule is CN1C(c2cccc3c2oc2ccccc23)=NC(c2cccc3ccccc23)=NC1c1ccc2c(oc3ccccc32)c1-n1c2ccccc2c2cc3ccccc3cc21.